The molecule has 6 heteroatoms. The van der Waals surface area contributed by atoms with Gasteiger partial charge in [0.15, 0.2) is 17.3 Å². The molecule has 0 aliphatic heterocycles. The molecule has 0 saturated heterocycles. The van der Waals surface area contributed by atoms with Crippen LogP contribution in [-0.4, -0.2) is 34.4 Å². The lowest BCUT2D eigenvalue weighted by molar-refractivity contribution is -0.160. The highest BCUT2D eigenvalue weighted by molar-refractivity contribution is 6.31. The summed E-state index contributed by atoms with van der Waals surface area (Å²) >= 11 is 0. The van der Waals surface area contributed by atoms with E-state index in [9.17, 15) is 19.2 Å². The maximum Gasteiger partial charge on any atom is 0.317 e. The summed E-state index contributed by atoms with van der Waals surface area (Å²) in [6, 6.07) is 6.61. The fourth-order valence-electron chi connectivity index (χ4n) is 6.19. The number of esters is 1. The average molecular weight is 474 g/mol. The zero-order valence-electron chi connectivity index (χ0n) is 20.7. The standard InChI is InChI=1S/C29H31NO5/c1-14(2)17-10-9-15(3)11-22(17)35-29(34)23-16(4)12-21-25(28(23)33)24-20(13-30-21)26(31)18-7-5-6-8-19(18)27(24)32/h5-8,13-17,22-23H,9-12H2,1-4H3/t15-,16+,17+,22-,23-/m1/s1. The van der Waals surface area contributed by atoms with Gasteiger partial charge in [-0.05, 0) is 42.9 Å². The minimum absolute atomic E-state index is 0.0831. The van der Waals surface area contributed by atoms with E-state index in [2.05, 4.69) is 25.8 Å². The van der Waals surface area contributed by atoms with Gasteiger partial charge in [-0.2, -0.15) is 0 Å². The first-order valence-corrected chi connectivity index (χ1v) is 12.6. The third-order valence-electron chi connectivity index (χ3n) is 8.14. The Morgan fingerprint density at radius 2 is 1.66 bits per heavy atom. The summed E-state index contributed by atoms with van der Waals surface area (Å²) in [6.45, 7) is 8.30. The van der Waals surface area contributed by atoms with Gasteiger partial charge >= 0.3 is 5.97 Å². The lowest BCUT2D eigenvalue weighted by Crippen LogP contribution is -2.43. The van der Waals surface area contributed by atoms with Crippen molar-refractivity contribution in [1.82, 2.24) is 4.98 Å². The molecule has 182 valence electrons. The second kappa shape index (κ2) is 8.81. The number of ether oxygens (including phenoxy) is 1. The van der Waals surface area contributed by atoms with Crippen molar-refractivity contribution in [3.05, 3.63) is 64.0 Å². The summed E-state index contributed by atoms with van der Waals surface area (Å²) in [4.78, 5) is 58.3. The number of benzene rings is 1. The molecule has 0 N–H and O–H groups in total. The number of carbonyl (C=O) groups excluding carboxylic acids is 4. The van der Waals surface area contributed by atoms with E-state index in [1.54, 1.807) is 24.3 Å². The first kappa shape index (κ1) is 23.6. The monoisotopic (exact) mass is 473 g/mol. The molecule has 1 aromatic heterocycles. The summed E-state index contributed by atoms with van der Waals surface area (Å²) in [5, 5.41) is 0. The Morgan fingerprint density at radius 1 is 0.971 bits per heavy atom. The fraction of sp³-hybridized carbons (Fsp3) is 0.483. The number of nitrogens with zero attached hydrogens (tertiary/aromatic N) is 1. The van der Waals surface area contributed by atoms with E-state index in [1.807, 2.05) is 6.92 Å². The number of Topliss-reactive ketones (excluding diaryl/α,β-unsaturated/α-hetero) is 1. The molecular formula is C29H31NO5. The first-order chi connectivity index (χ1) is 16.7. The summed E-state index contributed by atoms with van der Waals surface area (Å²) in [5.41, 5.74) is 1.39. The van der Waals surface area contributed by atoms with Crippen molar-refractivity contribution in [3.8, 4) is 0 Å². The molecule has 5 atom stereocenters. The van der Waals surface area contributed by atoms with Crippen molar-refractivity contribution < 1.29 is 23.9 Å². The number of ketones is 3. The second-order valence-corrected chi connectivity index (χ2v) is 10.9. The average Bonchev–Trinajstić information content (AvgIpc) is 2.81. The van der Waals surface area contributed by atoms with Crippen molar-refractivity contribution in [2.24, 2.45) is 29.6 Å². The molecule has 3 aliphatic carbocycles. The highest BCUT2D eigenvalue weighted by Crippen LogP contribution is 2.39. The van der Waals surface area contributed by atoms with E-state index >= 15 is 0 Å². The number of fused-ring (bicyclic) bond motifs is 4. The van der Waals surface area contributed by atoms with E-state index in [0.29, 0.717) is 29.5 Å². The summed E-state index contributed by atoms with van der Waals surface area (Å²) in [7, 11) is 0. The van der Waals surface area contributed by atoms with Gasteiger partial charge in [-0.1, -0.05) is 58.4 Å². The Hall–Kier alpha value is -3.15. The molecule has 0 bridgehead atoms. The van der Waals surface area contributed by atoms with Crippen molar-refractivity contribution in [1.29, 1.82) is 0 Å². The number of carbonyl (C=O) groups is 4. The zero-order valence-corrected chi connectivity index (χ0v) is 20.7. The fourth-order valence-corrected chi connectivity index (χ4v) is 6.19. The highest BCUT2D eigenvalue weighted by Gasteiger charge is 2.46. The molecule has 1 saturated carbocycles. The van der Waals surface area contributed by atoms with Crippen molar-refractivity contribution in [2.45, 2.75) is 59.5 Å². The van der Waals surface area contributed by atoms with E-state index < -0.39 is 17.7 Å². The molecule has 35 heavy (non-hydrogen) atoms. The van der Waals surface area contributed by atoms with Gasteiger partial charge in [0.25, 0.3) is 0 Å². The Balaban J connectivity index is 1.50. The number of pyridine rings is 1. The predicted octanol–water partition coefficient (Wildman–Crippen LogP) is 4.85. The van der Waals surface area contributed by atoms with Crippen molar-refractivity contribution in [3.63, 3.8) is 0 Å². The smallest absolute Gasteiger partial charge is 0.317 e. The van der Waals surface area contributed by atoms with E-state index in [-0.39, 0.29) is 51.8 Å². The van der Waals surface area contributed by atoms with Gasteiger partial charge in [0.05, 0.1) is 16.8 Å². The second-order valence-electron chi connectivity index (χ2n) is 10.9. The third-order valence-corrected chi connectivity index (χ3v) is 8.14. The van der Waals surface area contributed by atoms with Crippen LogP contribution < -0.4 is 0 Å². The highest BCUT2D eigenvalue weighted by atomic mass is 16.5. The lowest BCUT2D eigenvalue weighted by Gasteiger charge is -2.38. The Labute approximate surface area is 205 Å². The van der Waals surface area contributed by atoms with Crippen LogP contribution in [0.2, 0.25) is 0 Å². The Kier molecular flexibility index (Phi) is 5.94. The Bertz CT molecular complexity index is 1250. The largest absolute Gasteiger partial charge is 0.462 e. The van der Waals surface area contributed by atoms with Crippen LogP contribution in [0.25, 0.3) is 0 Å². The Morgan fingerprint density at radius 3 is 2.34 bits per heavy atom. The molecule has 1 fully saturated rings. The molecule has 3 aliphatic rings. The molecule has 0 spiro atoms. The first-order valence-electron chi connectivity index (χ1n) is 12.6. The summed E-state index contributed by atoms with van der Waals surface area (Å²) < 4.78 is 6.05. The topological polar surface area (TPSA) is 90.4 Å². The molecule has 2 aromatic rings. The molecule has 1 heterocycles. The summed E-state index contributed by atoms with van der Waals surface area (Å²) in [5.74, 6) is -1.90. The number of hydrogen-bond donors (Lipinski definition) is 0. The van der Waals surface area contributed by atoms with E-state index in [0.717, 1.165) is 19.3 Å². The van der Waals surface area contributed by atoms with Gasteiger partial charge in [0, 0.05) is 22.9 Å². The van der Waals surface area contributed by atoms with E-state index in [1.165, 1.54) is 6.20 Å². The molecule has 5 rings (SSSR count). The number of rotatable bonds is 3. The van der Waals surface area contributed by atoms with Crippen LogP contribution in [0.4, 0.5) is 0 Å². The van der Waals surface area contributed by atoms with Crippen LogP contribution in [0.3, 0.4) is 0 Å². The molecule has 0 amide bonds. The minimum atomic E-state index is -1.01. The van der Waals surface area contributed by atoms with Gasteiger partial charge in [-0.3, -0.25) is 24.2 Å². The lowest BCUT2D eigenvalue weighted by atomic mass is 9.72. The normalized spacial score (nSPS) is 27.8. The van der Waals surface area contributed by atoms with E-state index in [4.69, 9.17) is 4.74 Å². The predicted molar refractivity (Wildman–Crippen MR) is 129 cm³/mol. The van der Waals surface area contributed by atoms with Crippen LogP contribution in [0, 0.1) is 29.6 Å². The maximum absolute atomic E-state index is 13.8. The molecule has 6 nitrogen and oxygen atoms in total. The van der Waals surface area contributed by atoms with Gasteiger partial charge in [-0.15, -0.1) is 0 Å². The van der Waals surface area contributed by atoms with Gasteiger partial charge in [0.1, 0.15) is 12.0 Å². The third kappa shape index (κ3) is 3.83. The van der Waals surface area contributed by atoms with Crippen molar-refractivity contribution >= 4 is 23.3 Å². The van der Waals surface area contributed by atoms with Gasteiger partial charge < -0.3 is 4.74 Å². The zero-order chi connectivity index (χ0) is 25.0. The quantitative estimate of drug-likeness (QED) is 0.399. The van der Waals surface area contributed by atoms with Crippen LogP contribution in [0.5, 0.6) is 0 Å². The minimum Gasteiger partial charge on any atom is -0.462 e. The number of hydrogen-bond acceptors (Lipinski definition) is 6. The SMILES string of the molecule is CC(C)[C@@H]1CC[C@@H](C)C[C@H]1OC(=O)[C@H]1C(=O)c2c(ncc3c2C(=O)c2ccccc2C3=O)C[C@@H]1C. The van der Waals surface area contributed by atoms with Crippen LogP contribution in [0.15, 0.2) is 30.5 Å². The van der Waals surface area contributed by atoms with Crippen molar-refractivity contribution in [2.75, 3.05) is 0 Å². The maximum atomic E-state index is 13.8. The van der Waals surface area contributed by atoms with Gasteiger partial charge in [0.2, 0.25) is 0 Å². The molecule has 1 aromatic carbocycles. The van der Waals surface area contributed by atoms with Crippen LogP contribution >= 0.6 is 0 Å². The van der Waals surface area contributed by atoms with Gasteiger partial charge in [-0.25, -0.2) is 0 Å². The number of aromatic nitrogens is 1. The van der Waals surface area contributed by atoms with Crippen LogP contribution in [-0.2, 0) is 16.0 Å². The molecule has 0 unspecified atom stereocenters. The molecular weight excluding hydrogens is 442 g/mol. The van der Waals surface area contributed by atoms with Crippen LogP contribution in [0.1, 0.15) is 94.9 Å². The molecule has 0 radical (unpaired) electrons. The summed E-state index contributed by atoms with van der Waals surface area (Å²) in [6.07, 6.45) is 4.46.